The van der Waals surface area contributed by atoms with Gasteiger partial charge in [0.2, 0.25) is 0 Å². The van der Waals surface area contributed by atoms with Crippen molar-refractivity contribution in [3.63, 3.8) is 0 Å². The highest BCUT2D eigenvalue weighted by molar-refractivity contribution is 5.16. The van der Waals surface area contributed by atoms with Crippen LogP contribution in [-0.2, 0) is 0 Å². The van der Waals surface area contributed by atoms with Crippen LogP contribution in [0.2, 0.25) is 0 Å². The molecule has 1 fully saturated rings. The van der Waals surface area contributed by atoms with Crippen LogP contribution in [0.25, 0.3) is 0 Å². The van der Waals surface area contributed by atoms with Crippen molar-refractivity contribution in [3.05, 3.63) is 0 Å². The van der Waals surface area contributed by atoms with Crippen LogP contribution in [0.3, 0.4) is 0 Å². The molecule has 0 aromatic carbocycles. The Morgan fingerprint density at radius 3 is 2.29 bits per heavy atom. The molecule has 14 heavy (non-hydrogen) atoms. The molecule has 0 aromatic rings. The van der Waals surface area contributed by atoms with Crippen molar-refractivity contribution in [1.82, 2.24) is 4.90 Å². The van der Waals surface area contributed by atoms with Crippen molar-refractivity contribution in [2.24, 2.45) is 0 Å². The quantitative estimate of drug-likeness (QED) is 0.692. The Balaban J connectivity index is 2.38. The lowest BCUT2D eigenvalue weighted by molar-refractivity contribution is 0.109. The van der Waals surface area contributed by atoms with Gasteiger partial charge in [-0.2, -0.15) is 0 Å². The molecular formula is C12H21NO. The molecule has 0 heterocycles. The van der Waals surface area contributed by atoms with E-state index in [1.54, 1.807) is 0 Å². The third-order valence-corrected chi connectivity index (χ3v) is 2.95. The van der Waals surface area contributed by atoms with Gasteiger partial charge in [-0.15, -0.1) is 0 Å². The molecule has 0 spiro atoms. The molecule has 1 aliphatic rings. The zero-order valence-corrected chi connectivity index (χ0v) is 9.34. The Bertz CT molecular complexity index is 216. The summed E-state index contributed by atoms with van der Waals surface area (Å²) in [5.41, 5.74) is -0.660. The number of aliphatic hydroxyl groups is 1. The summed E-state index contributed by atoms with van der Waals surface area (Å²) in [5.74, 6) is 6.12. The average molecular weight is 195 g/mol. The molecule has 0 saturated heterocycles. The highest BCUT2D eigenvalue weighted by Crippen LogP contribution is 2.28. The Labute approximate surface area is 87.3 Å². The molecule has 0 amide bonds. The maximum atomic E-state index is 9.96. The second kappa shape index (κ2) is 5.38. The summed E-state index contributed by atoms with van der Waals surface area (Å²) >= 11 is 0. The minimum Gasteiger partial charge on any atom is -0.378 e. The summed E-state index contributed by atoms with van der Waals surface area (Å²) in [6.07, 6.45) is 3.96. The van der Waals surface area contributed by atoms with Gasteiger partial charge in [0, 0.05) is 0 Å². The van der Waals surface area contributed by atoms with Crippen molar-refractivity contribution in [1.29, 1.82) is 0 Å². The zero-order chi connectivity index (χ0) is 10.4. The average Bonchev–Trinajstić information content (AvgIpc) is 2.60. The first-order valence-electron chi connectivity index (χ1n) is 5.65. The van der Waals surface area contributed by atoms with Gasteiger partial charge in [-0.3, -0.25) is 4.90 Å². The van der Waals surface area contributed by atoms with Gasteiger partial charge in [0.05, 0.1) is 6.54 Å². The molecule has 0 bridgehead atoms. The minimum absolute atomic E-state index is 0.660. The van der Waals surface area contributed by atoms with E-state index < -0.39 is 5.60 Å². The van der Waals surface area contributed by atoms with Crippen molar-refractivity contribution in [3.8, 4) is 11.8 Å². The molecule has 0 aliphatic heterocycles. The zero-order valence-electron chi connectivity index (χ0n) is 9.34. The van der Waals surface area contributed by atoms with E-state index in [1.807, 2.05) is 0 Å². The van der Waals surface area contributed by atoms with Crippen LogP contribution >= 0.6 is 0 Å². The van der Waals surface area contributed by atoms with E-state index in [0.29, 0.717) is 0 Å². The van der Waals surface area contributed by atoms with Crippen LogP contribution in [0.1, 0.15) is 39.5 Å². The molecule has 0 unspecified atom stereocenters. The number of hydrogen-bond acceptors (Lipinski definition) is 2. The summed E-state index contributed by atoms with van der Waals surface area (Å²) < 4.78 is 0. The topological polar surface area (TPSA) is 23.5 Å². The molecular weight excluding hydrogens is 174 g/mol. The lowest BCUT2D eigenvalue weighted by Gasteiger charge is -2.16. The Morgan fingerprint density at radius 1 is 1.21 bits per heavy atom. The number of hydrogen-bond donors (Lipinski definition) is 1. The van der Waals surface area contributed by atoms with Crippen molar-refractivity contribution < 1.29 is 5.11 Å². The van der Waals surface area contributed by atoms with Crippen LogP contribution in [0, 0.1) is 11.8 Å². The lowest BCUT2D eigenvalue weighted by atomic mass is 10.0. The van der Waals surface area contributed by atoms with Gasteiger partial charge < -0.3 is 5.11 Å². The van der Waals surface area contributed by atoms with Gasteiger partial charge in [0.25, 0.3) is 0 Å². The fourth-order valence-electron chi connectivity index (χ4n) is 1.85. The minimum atomic E-state index is -0.660. The Kier molecular flexibility index (Phi) is 4.44. The molecule has 1 rings (SSSR count). The van der Waals surface area contributed by atoms with Crippen molar-refractivity contribution in [2.45, 2.75) is 45.1 Å². The molecule has 0 radical (unpaired) electrons. The fraction of sp³-hybridized carbons (Fsp3) is 0.833. The fourth-order valence-corrected chi connectivity index (χ4v) is 1.85. The van der Waals surface area contributed by atoms with E-state index >= 15 is 0 Å². The molecule has 1 saturated carbocycles. The molecule has 0 atom stereocenters. The van der Waals surface area contributed by atoms with Crippen LogP contribution in [0.15, 0.2) is 0 Å². The normalized spacial score (nSPS) is 19.4. The molecule has 1 aliphatic carbocycles. The summed E-state index contributed by atoms with van der Waals surface area (Å²) in [5, 5.41) is 9.96. The first-order valence-corrected chi connectivity index (χ1v) is 5.65. The van der Waals surface area contributed by atoms with Crippen molar-refractivity contribution >= 4 is 0 Å². The predicted octanol–water partition coefficient (Wildman–Crippen LogP) is 1.64. The van der Waals surface area contributed by atoms with E-state index in [2.05, 4.69) is 30.6 Å². The molecule has 0 aromatic heterocycles. The largest absolute Gasteiger partial charge is 0.378 e. The standard InChI is InChI=1S/C12H21NO/c1-3-13(4-2)11-7-10-12(14)8-5-6-9-12/h14H,3-6,8-9,11H2,1-2H3. The maximum absolute atomic E-state index is 9.96. The monoisotopic (exact) mass is 195 g/mol. The van der Waals surface area contributed by atoms with Gasteiger partial charge in [0.15, 0.2) is 0 Å². The van der Waals surface area contributed by atoms with Gasteiger partial charge >= 0.3 is 0 Å². The first-order chi connectivity index (χ1) is 6.70. The second-order valence-corrected chi connectivity index (χ2v) is 4.00. The summed E-state index contributed by atoms with van der Waals surface area (Å²) in [6.45, 7) is 7.12. The van der Waals surface area contributed by atoms with E-state index in [-0.39, 0.29) is 0 Å². The van der Waals surface area contributed by atoms with Gasteiger partial charge in [-0.25, -0.2) is 0 Å². The molecule has 2 nitrogen and oxygen atoms in total. The highest BCUT2D eigenvalue weighted by atomic mass is 16.3. The highest BCUT2D eigenvalue weighted by Gasteiger charge is 2.28. The van der Waals surface area contributed by atoms with Crippen LogP contribution in [0.4, 0.5) is 0 Å². The summed E-state index contributed by atoms with van der Waals surface area (Å²) in [6, 6.07) is 0. The van der Waals surface area contributed by atoms with Crippen LogP contribution < -0.4 is 0 Å². The van der Waals surface area contributed by atoms with E-state index in [9.17, 15) is 5.11 Å². The molecule has 2 heteroatoms. The SMILES string of the molecule is CCN(CC)CC#CC1(O)CCCC1. The van der Waals surface area contributed by atoms with Gasteiger partial charge in [-0.1, -0.05) is 25.7 Å². The molecule has 80 valence electrons. The maximum Gasteiger partial charge on any atom is 0.125 e. The van der Waals surface area contributed by atoms with Gasteiger partial charge in [0.1, 0.15) is 5.60 Å². The molecule has 1 N–H and O–H groups in total. The van der Waals surface area contributed by atoms with Crippen molar-refractivity contribution in [2.75, 3.05) is 19.6 Å². The third-order valence-electron chi connectivity index (χ3n) is 2.95. The lowest BCUT2D eigenvalue weighted by Crippen LogP contribution is -2.25. The smallest absolute Gasteiger partial charge is 0.125 e. The summed E-state index contributed by atoms with van der Waals surface area (Å²) in [4.78, 5) is 2.26. The van der Waals surface area contributed by atoms with Crippen LogP contribution in [0.5, 0.6) is 0 Å². The number of rotatable bonds is 3. The first kappa shape index (κ1) is 11.6. The third kappa shape index (κ3) is 3.32. The Morgan fingerprint density at radius 2 is 1.79 bits per heavy atom. The second-order valence-electron chi connectivity index (χ2n) is 4.00. The van der Waals surface area contributed by atoms with E-state index in [0.717, 1.165) is 45.3 Å². The van der Waals surface area contributed by atoms with E-state index in [1.165, 1.54) is 0 Å². The number of nitrogens with zero attached hydrogens (tertiary/aromatic N) is 1. The predicted molar refractivity (Wildman–Crippen MR) is 59.0 cm³/mol. The van der Waals surface area contributed by atoms with E-state index in [4.69, 9.17) is 0 Å². The van der Waals surface area contributed by atoms with Gasteiger partial charge in [-0.05, 0) is 38.8 Å². The summed E-state index contributed by atoms with van der Waals surface area (Å²) in [7, 11) is 0. The van der Waals surface area contributed by atoms with Crippen LogP contribution in [-0.4, -0.2) is 35.2 Å². The Hall–Kier alpha value is -0.520.